The lowest BCUT2D eigenvalue weighted by molar-refractivity contribution is 0.605. The molecule has 0 saturated carbocycles. The Morgan fingerprint density at radius 2 is 2.33 bits per heavy atom. The average Bonchev–Trinajstić information content (AvgIpc) is 2.53. The van der Waals surface area contributed by atoms with Crippen LogP contribution in [-0.4, -0.2) is 37.4 Å². The maximum absolute atomic E-state index is 11.4. The van der Waals surface area contributed by atoms with Crippen LogP contribution >= 0.6 is 11.8 Å². The van der Waals surface area contributed by atoms with E-state index in [1.165, 1.54) is 11.8 Å². The van der Waals surface area contributed by atoms with E-state index in [9.17, 15) is 8.42 Å². The lowest BCUT2D eigenvalue weighted by Gasteiger charge is -2.00. The molecule has 0 spiro atoms. The van der Waals surface area contributed by atoms with E-state index in [-0.39, 0.29) is 5.75 Å². The molecule has 1 aliphatic rings. The molecule has 0 amide bonds. The van der Waals surface area contributed by atoms with Crippen molar-refractivity contribution in [2.45, 2.75) is 6.42 Å². The molecule has 0 aromatic rings. The summed E-state index contributed by atoms with van der Waals surface area (Å²) in [4.78, 5) is 3.91. The molecule has 1 heterocycles. The largest absolute Gasteiger partial charge is 0.330 e. The first-order valence-corrected chi connectivity index (χ1v) is 6.40. The van der Waals surface area contributed by atoms with Gasteiger partial charge in [0.25, 0.3) is 0 Å². The van der Waals surface area contributed by atoms with Crippen molar-refractivity contribution in [2.75, 3.05) is 24.6 Å². The summed E-state index contributed by atoms with van der Waals surface area (Å²) in [6, 6.07) is 0. The number of thioether (sulfide) groups is 1. The highest BCUT2D eigenvalue weighted by Gasteiger charge is 2.22. The van der Waals surface area contributed by atoms with Gasteiger partial charge in [-0.25, -0.2) is 8.42 Å². The Morgan fingerprint density at radius 1 is 1.58 bits per heavy atom. The van der Waals surface area contributed by atoms with Crippen molar-refractivity contribution in [3.05, 3.63) is 0 Å². The lowest BCUT2D eigenvalue weighted by Crippen LogP contribution is -2.16. The van der Waals surface area contributed by atoms with Gasteiger partial charge in [-0.2, -0.15) is 0 Å². The molecule has 0 saturated heterocycles. The number of hydrogen-bond donors (Lipinski definition) is 1. The predicted molar refractivity (Wildman–Crippen MR) is 52.2 cm³/mol. The minimum Gasteiger partial charge on any atom is -0.330 e. The van der Waals surface area contributed by atoms with Crippen LogP contribution in [0.3, 0.4) is 0 Å². The van der Waals surface area contributed by atoms with Crippen molar-refractivity contribution < 1.29 is 8.42 Å². The van der Waals surface area contributed by atoms with Gasteiger partial charge in [-0.05, 0) is 13.0 Å². The molecular weight excluding hydrogens is 196 g/mol. The summed E-state index contributed by atoms with van der Waals surface area (Å²) in [5, 5.41) is 0. The molecule has 0 unspecified atom stereocenters. The van der Waals surface area contributed by atoms with E-state index in [4.69, 9.17) is 5.73 Å². The van der Waals surface area contributed by atoms with Gasteiger partial charge in [0.1, 0.15) is 0 Å². The minimum atomic E-state index is -3.09. The minimum absolute atomic E-state index is 0.134. The highest BCUT2D eigenvalue weighted by Crippen LogP contribution is 2.17. The number of aliphatic imine (C=N–C) groups is 1. The molecule has 0 aliphatic carbocycles. The number of sulfone groups is 1. The molecule has 1 aliphatic heterocycles. The van der Waals surface area contributed by atoms with Crippen LogP contribution in [0, 0.1) is 0 Å². The second kappa shape index (κ2) is 4.25. The van der Waals surface area contributed by atoms with Crippen LogP contribution in [0.15, 0.2) is 4.99 Å². The quantitative estimate of drug-likeness (QED) is 0.700. The van der Waals surface area contributed by atoms with Crippen molar-refractivity contribution in [1.82, 2.24) is 0 Å². The Hall–Kier alpha value is -0.0700. The summed E-state index contributed by atoms with van der Waals surface area (Å²) in [6.45, 7) is 1.04. The van der Waals surface area contributed by atoms with Gasteiger partial charge < -0.3 is 5.73 Å². The van der Waals surface area contributed by atoms with Gasteiger partial charge in [0, 0.05) is 5.75 Å². The van der Waals surface area contributed by atoms with Crippen molar-refractivity contribution in [1.29, 1.82) is 0 Å². The van der Waals surface area contributed by atoms with Crippen molar-refractivity contribution >= 4 is 26.0 Å². The summed E-state index contributed by atoms with van der Waals surface area (Å²) in [6.07, 6.45) is 0.516. The molecule has 0 fully saturated rings. The van der Waals surface area contributed by atoms with Crippen LogP contribution in [0.2, 0.25) is 0 Å². The number of rotatable bonds is 3. The van der Waals surface area contributed by atoms with E-state index in [1.807, 2.05) is 0 Å². The fourth-order valence-electron chi connectivity index (χ4n) is 0.864. The number of nitrogens with two attached hydrogens (primary N) is 1. The van der Waals surface area contributed by atoms with Gasteiger partial charge in [-0.3, -0.25) is 4.99 Å². The molecule has 0 bridgehead atoms. The van der Waals surface area contributed by atoms with Crippen LogP contribution in [0.1, 0.15) is 6.42 Å². The van der Waals surface area contributed by atoms with E-state index < -0.39 is 9.84 Å². The van der Waals surface area contributed by atoms with Crippen molar-refractivity contribution in [3.8, 4) is 0 Å². The first-order valence-electron chi connectivity index (χ1n) is 3.77. The molecule has 0 aromatic carbocycles. The van der Waals surface area contributed by atoms with Crippen LogP contribution in [0.5, 0.6) is 0 Å². The average molecular weight is 208 g/mol. The third kappa shape index (κ3) is 2.46. The second-order valence-corrected chi connectivity index (χ2v) is 5.82. The van der Waals surface area contributed by atoms with Gasteiger partial charge >= 0.3 is 0 Å². The molecule has 2 N–H and O–H groups in total. The van der Waals surface area contributed by atoms with Crippen LogP contribution in [0.25, 0.3) is 0 Å². The van der Waals surface area contributed by atoms with Crippen molar-refractivity contribution in [3.63, 3.8) is 0 Å². The molecular formula is C6H12N2O2S2. The zero-order valence-corrected chi connectivity index (χ0v) is 8.33. The maximum Gasteiger partial charge on any atom is 0.201 e. The highest BCUT2D eigenvalue weighted by molar-refractivity contribution is 8.35. The van der Waals surface area contributed by atoms with Crippen LogP contribution < -0.4 is 5.73 Å². The van der Waals surface area contributed by atoms with Gasteiger partial charge in [-0.1, -0.05) is 11.8 Å². The Kier molecular flexibility index (Phi) is 3.54. The molecule has 70 valence electrons. The molecule has 12 heavy (non-hydrogen) atoms. The SMILES string of the molecule is NCCCS(=O)(=O)C1=NCCS1. The second-order valence-electron chi connectivity index (χ2n) is 2.46. The molecule has 0 atom stereocenters. The van der Waals surface area contributed by atoms with E-state index in [1.54, 1.807) is 0 Å². The van der Waals surface area contributed by atoms with Gasteiger partial charge in [0.15, 0.2) is 4.38 Å². The first-order chi connectivity index (χ1) is 5.67. The fourth-order valence-corrected chi connectivity index (χ4v) is 3.63. The standard InChI is InChI=1S/C6H12N2O2S2/c7-2-1-5-12(9,10)6-8-3-4-11-6/h1-5,7H2. The number of nitrogens with zero attached hydrogens (tertiary/aromatic N) is 1. The summed E-state index contributed by atoms with van der Waals surface area (Å²) in [5.74, 6) is 0.923. The zero-order valence-electron chi connectivity index (χ0n) is 6.69. The Bertz CT molecular complexity index is 271. The van der Waals surface area contributed by atoms with Crippen molar-refractivity contribution in [2.24, 2.45) is 10.7 Å². The van der Waals surface area contributed by atoms with Gasteiger partial charge in [-0.15, -0.1) is 0 Å². The van der Waals surface area contributed by atoms with E-state index in [2.05, 4.69) is 4.99 Å². The zero-order chi connectivity index (χ0) is 9.03. The fraction of sp³-hybridized carbons (Fsp3) is 0.833. The normalized spacial score (nSPS) is 17.9. The van der Waals surface area contributed by atoms with Crippen LogP contribution in [0.4, 0.5) is 0 Å². The monoisotopic (exact) mass is 208 g/mol. The summed E-state index contributed by atoms with van der Waals surface area (Å²) in [7, 11) is -3.09. The molecule has 0 radical (unpaired) electrons. The summed E-state index contributed by atoms with van der Waals surface area (Å²) in [5.41, 5.74) is 5.22. The van der Waals surface area contributed by atoms with Crippen LogP contribution in [-0.2, 0) is 9.84 Å². The Balaban J connectivity index is 2.59. The van der Waals surface area contributed by atoms with E-state index in [0.717, 1.165) is 5.75 Å². The Morgan fingerprint density at radius 3 is 2.83 bits per heavy atom. The van der Waals surface area contributed by atoms with Gasteiger partial charge in [0.05, 0.1) is 12.3 Å². The molecule has 6 heteroatoms. The Labute approximate surface area is 76.5 Å². The van der Waals surface area contributed by atoms with E-state index in [0.29, 0.717) is 23.9 Å². The first kappa shape index (κ1) is 10.0. The third-order valence-corrected chi connectivity index (χ3v) is 4.81. The maximum atomic E-state index is 11.4. The number of hydrogen-bond acceptors (Lipinski definition) is 5. The highest BCUT2D eigenvalue weighted by atomic mass is 32.3. The smallest absolute Gasteiger partial charge is 0.201 e. The summed E-state index contributed by atoms with van der Waals surface area (Å²) >= 11 is 1.32. The third-order valence-electron chi connectivity index (χ3n) is 1.44. The lowest BCUT2D eigenvalue weighted by atomic mass is 10.5. The molecule has 4 nitrogen and oxygen atoms in total. The summed E-state index contributed by atoms with van der Waals surface area (Å²) < 4.78 is 23.1. The topological polar surface area (TPSA) is 72.5 Å². The molecule has 1 rings (SSSR count). The predicted octanol–water partition coefficient (Wildman–Crippen LogP) is -0.147. The van der Waals surface area contributed by atoms with Gasteiger partial charge in [0.2, 0.25) is 9.84 Å². The van der Waals surface area contributed by atoms with E-state index >= 15 is 0 Å². The molecule has 0 aromatic heterocycles.